The lowest BCUT2D eigenvalue weighted by atomic mass is 10.1. The molecule has 0 aromatic heterocycles. The van der Waals surface area contributed by atoms with E-state index in [0.29, 0.717) is 19.4 Å². The normalized spacial score (nSPS) is 29.4. The fraction of sp³-hybridized carbons (Fsp3) is 0.867. The van der Waals surface area contributed by atoms with Gasteiger partial charge in [0.05, 0.1) is 12.0 Å². The molecule has 0 aromatic carbocycles. The molecule has 21 heavy (non-hydrogen) atoms. The summed E-state index contributed by atoms with van der Waals surface area (Å²) in [4.78, 5) is 25.0. The SMILES string of the molecule is CCCOC1CCCN(C(=O)N[C@H]2CC[C@@H](C(=O)O)C2)C1. The second kappa shape index (κ2) is 7.64. The van der Waals surface area contributed by atoms with Crippen LogP contribution < -0.4 is 5.32 Å². The second-order valence-corrected chi connectivity index (χ2v) is 6.08. The van der Waals surface area contributed by atoms with Gasteiger partial charge in [-0.05, 0) is 38.5 Å². The highest BCUT2D eigenvalue weighted by Crippen LogP contribution is 2.26. The van der Waals surface area contributed by atoms with Gasteiger partial charge in [-0.3, -0.25) is 4.79 Å². The minimum Gasteiger partial charge on any atom is -0.481 e. The Bertz CT molecular complexity index is 375. The molecule has 6 nitrogen and oxygen atoms in total. The molecule has 2 rings (SSSR count). The molecule has 0 radical (unpaired) electrons. The lowest BCUT2D eigenvalue weighted by molar-refractivity contribution is -0.141. The summed E-state index contributed by atoms with van der Waals surface area (Å²) in [5.74, 6) is -1.06. The number of hydrogen-bond acceptors (Lipinski definition) is 3. The van der Waals surface area contributed by atoms with Crippen molar-refractivity contribution in [3.8, 4) is 0 Å². The molecule has 1 aliphatic carbocycles. The minimum absolute atomic E-state index is 0.00413. The van der Waals surface area contributed by atoms with E-state index in [1.165, 1.54) is 0 Å². The van der Waals surface area contributed by atoms with Crippen molar-refractivity contribution in [2.75, 3.05) is 19.7 Å². The van der Waals surface area contributed by atoms with Gasteiger partial charge in [0, 0.05) is 25.7 Å². The number of rotatable bonds is 5. The maximum atomic E-state index is 12.3. The van der Waals surface area contributed by atoms with E-state index in [0.717, 1.165) is 38.8 Å². The Kier molecular flexibility index (Phi) is 5.85. The number of aliphatic carboxylic acids is 1. The average Bonchev–Trinajstić information content (AvgIpc) is 2.94. The molecule has 0 spiro atoms. The van der Waals surface area contributed by atoms with Gasteiger partial charge in [-0.1, -0.05) is 6.92 Å². The van der Waals surface area contributed by atoms with Crippen LogP contribution in [-0.4, -0.2) is 53.8 Å². The summed E-state index contributed by atoms with van der Waals surface area (Å²) in [5.41, 5.74) is 0. The summed E-state index contributed by atoms with van der Waals surface area (Å²) in [5, 5.41) is 12.0. The van der Waals surface area contributed by atoms with Crippen molar-refractivity contribution < 1.29 is 19.4 Å². The molecule has 2 fully saturated rings. The Morgan fingerprint density at radius 2 is 2.14 bits per heavy atom. The molecule has 1 saturated heterocycles. The van der Waals surface area contributed by atoms with Crippen molar-refractivity contribution in [2.24, 2.45) is 5.92 Å². The van der Waals surface area contributed by atoms with Gasteiger partial charge < -0.3 is 20.1 Å². The first-order chi connectivity index (χ1) is 10.1. The summed E-state index contributed by atoms with van der Waals surface area (Å²) in [6, 6.07) is -0.0774. The zero-order valence-corrected chi connectivity index (χ0v) is 12.7. The van der Waals surface area contributed by atoms with E-state index in [1.54, 1.807) is 4.90 Å². The van der Waals surface area contributed by atoms with Gasteiger partial charge in [0.25, 0.3) is 0 Å². The Labute approximate surface area is 125 Å². The van der Waals surface area contributed by atoms with Crippen LogP contribution in [0.4, 0.5) is 4.79 Å². The van der Waals surface area contributed by atoms with Crippen molar-refractivity contribution in [2.45, 2.75) is 57.6 Å². The van der Waals surface area contributed by atoms with Crippen LogP contribution in [0.5, 0.6) is 0 Å². The molecule has 2 amide bonds. The van der Waals surface area contributed by atoms with Crippen LogP contribution in [0.15, 0.2) is 0 Å². The topological polar surface area (TPSA) is 78.9 Å². The number of ether oxygens (including phenoxy) is 1. The van der Waals surface area contributed by atoms with Crippen molar-refractivity contribution in [1.82, 2.24) is 10.2 Å². The smallest absolute Gasteiger partial charge is 0.317 e. The quantitative estimate of drug-likeness (QED) is 0.811. The second-order valence-electron chi connectivity index (χ2n) is 6.08. The molecule has 0 aromatic rings. The van der Waals surface area contributed by atoms with Gasteiger partial charge in [-0.25, -0.2) is 4.79 Å². The number of nitrogens with one attached hydrogen (secondary N) is 1. The third kappa shape index (κ3) is 4.59. The van der Waals surface area contributed by atoms with Crippen LogP contribution in [0, 0.1) is 5.92 Å². The van der Waals surface area contributed by atoms with Crippen LogP contribution in [0.25, 0.3) is 0 Å². The third-order valence-electron chi connectivity index (χ3n) is 4.33. The number of likely N-dealkylation sites (tertiary alicyclic amines) is 1. The molecule has 120 valence electrons. The van der Waals surface area contributed by atoms with E-state index in [4.69, 9.17) is 9.84 Å². The number of nitrogens with zero attached hydrogens (tertiary/aromatic N) is 1. The molecule has 6 heteroatoms. The highest BCUT2D eigenvalue weighted by molar-refractivity contribution is 5.75. The van der Waals surface area contributed by atoms with Crippen molar-refractivity contribution in [1.29, 1.82) is 0 Å². The average molecular weight is 298 g/mol. The summed E-state index contributed by atoms with van der Waals surface area (Å²) < 4.78 is 5.73. The first-order valence-corrected chi connectivity index (χ1v) is 8.00. The van der Waals surface area contributed by atoms with Gasteiger partial charge in [-0.15, -0.1) is 0 Å². The first-order valence-electron chi connectivity index (χ1n) is 8.00. The van der Waals surface area contributed by atoms with Gasteiger partial charge >= 0.3 is 12.0 Å². The van der Waals surface area contributed by atoms with Gasteiger partial charge in [0.15, 0.2) is 0 Å². The van der Waals surface area contributed by atoms with Crippen LogP contribution in [0.3, 0.4) is 0 Å². The molecule has 0 bridgehead atoms. The van der Waals surface area contributed by atoms with E-state index >= 15 is 0 Å². The summed E-state index contributed by atoms with van der Waals surface area (Å²) in [6.07, 6.45) is 5.05. The summed E-state index contributed by atoms with van der Waals surface area (Å²) >= 11 is 0. The lowest BCUT2D eigenvalue weighted by Gasteiger charge is -2.33. The number of carboxylic acid groups (broad SMARTS) is 1. The number of carbonyl (C=O) groups is 2. The summed E-state index contributed by atoms with van der Waals surface area (Å²) in [7, 11) is 0. The van der Waals surface area contributed by atoms with Crippen LogP contribution >= 0.6 is 0 Å². The van der Waals surface area contributed by atoms with E-state index in [9.17, 15) is 9.59 Å². The third-order valence-corrected chi connectivity index (χ3v) is 4.33. The number of urea groups is 1. The maximum Gasteiger partial charge on any atom is 0.317 e. The number of piperidine rings is 1. The van der Waals surface area contributed by atoms with E-state index in [-0.39, 0.29) is 24.1 Å². The molecular formula is C15H26N2O4. The highest BCUT2D eigenvalue weighted by atomic mass is 16.5. The Morgan fingerprint density at radius 1 is 1.33 bits per heavy atom. The fourth-order valence-electron chi connectivity index (χ4n) is 3.15. The van der Waals surface area contributed by atoms with Crippen LogP contribution in [0.1, 0.15) is 45.4 Å². The molecule has 1 saturated carbocycles. The highest BCUT2D eigenvalue weighted by Gasteiger charge is 2.32. The zero-order valence-electron chi connectivity index (χ0n) is 12.7. The Balaban J connectivity index is 1.76. The molecule has 1 unspecified atom stereocenters. The van der Waals surface area contributed by atoms with Gasteiger partial charge in [0.2, 0.25) is 0 Å². The number of carbonyl (C=O) groups excluding carboxylic acids is 1. The summed E-state index contributed by atoms with van der Waals surface area (Å²) in [6.45, 7) is 4.21. The van der Waals surface area contributed by atoms with Crippen molar-refractivity contribution in [3.63, 3.8) is 0 Å². The predicted octanol–water partition coefficient (Wildman–Crippen LogP) is 1.84. The fourth-order valence-corrected chi connectivity index (χ4v) is 3.15. The molecule has 2 N–H and O–H groups in total. The largest absolute Gasteiger partial charge is 0.481 e. The maximum absolute atomic E-state index is 12.3. The zero-order chi connectivity index (χ0) is 15.2. The predicted molar refractivity (Wildman–Crippen MR) is 78.1 cm³/mol. The van der Waals surface area contributed by atoms with E-state index in [2.05, 4.69) is 12.2 Å². The molecule has 1 aliphatic heterocycles. The van der Waals surface area contributed by atoms with Crippen LogP contribution in [0.2, 0.25) is 0 Å². The van der Waals surface area contributed by atoms with E-state index < -0.39 is 5.97 Å². The van der Waals surface area contributed by atoms with Crippen LogP contribution in [-0.2, 0) is 9.53 Å². The van der Waals surface area contributed by atoms with Crippen molar-refractivity contribution >= 4 is 12.0 Å². The standard InChI is InChI=1S/C15H26N2O4/c1-2-8-21-13-4-3-7-17(10-13)15(20)16-12-6-5-11(9-12)14(18)19/h11-13H,2-10H2,1H3,(H,16,20)(H,18,19)/t11-,12+,13?/m1/s1. The van der Waals surface area contributed by atoms with Crippen molar-refractivity contribution in [3.05, 3.63) is 0 Å². The molecule has 3 atom stereocenters. The van der Waals surface area contributed by atoms with Gasteiger partial charge in [0.1, 0.15) is 0 Å². The minimum atomic E-state index is -0.752. The number of hydrogen-bond donors (Lipinski definition) is 2. The van der Waals surface area contributed by atoms with E-state index in [1.807, 2.05) is 0 Å². The first kappa shape index (κ1) is 16.1. The molecular weight excluding hydrogens is 272 g/mol. The molecule has 1 heterocycles. The Hall–Kier alpha value is -1.30. The monoisotopic (exact) mass is 298 g/mol. The molecule has 2 aliphatic rings. The number of carboxylic acids is 1. The van der Waals surface area contributed by atoms with Gasteiger partial charge in [-0.2, -0.15) is 0 Å². The Morgan fingerprint density at radius 3 is 2.81 bits per heavy atom. The number of amides is 2. The lowest BCUT2D eigenvalue weighted by Crippen LogP contribution is -2.50.